The summed E-state index contributed by atoms with van der Waals surface area (Å²) >= 11 is 0. The Balaban J connectivity index is 1.58. The number of hydrogen-bond donors (Lipinski definition) is 1. The number of carbonyl (C=O) groups excluding carboxylic acids is 1. The van der Waals surface area contributed by atoms with Crippen LogP contribution in [0, 0.1) is 5.92 Å². The maximum absolute atomic E-state index is 12.8. The number of hydrogen-bond acceptors (Lipinski definition) is 4. The van der Waals surface area contributed by atoms with E-state index in [0.717, 1.165) is 49.8 Å². The summed E-state index contributed by atoms with van der Waals surface area (Å²) in [5.41, 5.74) is 0.731. The number of pyridine rings is 1. The number of aromatic nitrogens is 1. The Hall–Kier alpha value is -1.62. The van der Waals surface area contributed by atoms with Crippen molar-refractivity contribution in [1.82, 2.24) is 15.2 Å². The largest absolute Gasteiger partial charge is 0.356 e. The smallest absolute Gasteiger partial charge is 0.255 e. The van der Waals surface area contributed by atoms with E-state index >= 15 is 0 Å². The Morgan fingerprint density at radius 2 is 1.96 bits per heavy atom. The van der Waals surface area contributed by atoms with Gasteiger partial charge in [-0.3, -0.25) is 4.79 Å². The molecule has 1 N–H and O–H groups in total. The molecular formula is C19H30N4O. The summed E-state index contributed by atoms with van der Waals surface area (Å²) in [5.74, 6) is 1.67. The van der Waals surface area contributed by atoms with Gasteiger partial charge in [-0.25, -0.2) is 4.98 Å². The highest BCUT2D eigenvalue weighted by atomic mass is 16.1. The van der Waals surface area contributed by atoms with E-state index in [9.17, 15) is 4.79 Å². The maximum atomic E-state index is 12.8. The Bertz CT molecular complexity index is 546. The van der Waals surface area contributed by atoms with Crippen molar-refractivity contribution in [2.45, 2.75) is 44.6 Å². The van der Waals surface area contributed by atoms with Crippen LogP contribution in [0.1, 0.15) is 48.9 Å². The molecule has 1 aromatic heterocycles. The number of anilines is 1. The van der Waals surface area contributed by atoms with E-state index < -0.39 is 0 Å². The third kappa shape index (κ3) is 4.26. The summed E-state index contributed by atoms with van der Waals surface area (Å²) in [5, 5.41) is 3.25. The first-order valence-electron chi connectivity index (χ1n) is 9.29. The number of rotatable bonds is 5. The predicted octanol–water partition coefficient (Wildman–Crippen LogP) is 2.53. The molecule has 0 radical (unpaired) electrons. The normalized spacial score (nSPS) is 24.4. The second-order valence-electron chi connectivity index (χ2n) is 7.52. The highest BCUT2D eigenvalue weighted by Crippen LogP contribution is 2.26. The molecule has 0 unspecified atom stereocenters. The van der Waals surface area contributed by atoms with Crippen LogP contribution in [0.5, 0.6) is 0 Å². The average Bonchev–Trinajstić information content (AvgIpc) is 3.10. The summed E-state index contributed by atoms with van der Waals surface area (Å²) in [7, 11) is 4.27. The highest BCUT2D eigenvalue weighted by molar-refractivity contribution is 5.99. The Morgan fingerprint density at radius 1 is 1.25 bits per heavy atom. The van der Waals surface area contributed by atoms with Crippen LogP contribution in [0.2, 0.25) is 0 Å². The summed E-state index contributed by atoms with van der Waals surface area (Å²) in [6.45, 7) is 3.17. The molecule has 1 aliphatic heterocycles. The van der Waals surface area contributed by atoms with Gasteiger partial charge in [0.1, 0.15) is 5.82 Å². The summed E-state index contributed by atoms with van der Waals surface area (Å²) < 4.78 is 0. The molecule has 2 heterocycles. The average molecular weight is 330 g/mol. The van der Waals surface area contributed by atoms with Crippen molar-refractivity contribution in [3.05, 3.63) is 23.9 Å². The Morgan fingerprint density at radius 3 is 2.62 bits per heavy atom. The molecule has 1 aliphatic carbocycles. The number of amides is 1. The third-order valence-electron chi connectivity index (χ3n) is 5.24. The van der Waals surface area contributed by atoms with Gasteiger partial charge in [0.2, 0.25) is 0 Å². The molecule has 1 saturated carbocycles. The topological polar surface area (TPSA) is 48.5 Å². The van der Waals surface area contributed by atoms with E-state index in [4.69, 9.17) is 0 Å². The van der Waals surface area contributed by atoms with Crippen molar-refractivity contribution in [2.24, 2.45) is 5.92 Å². The van der Waals surface area contributed by atoms with Crippen molar-refractivity contribution in [3.63, 3.8) is 0 Å². The minimum atomic E-state index is 0.0426. The molecule has 0 spiro atoms. The molecule has 3 rings (SSSR count). The molecule has 24 heavy (non-hydrogen) atoms. The Kier molecular flexibility index (Phi) is 5.72. The van der Waals surface area contributed by atoms with E-state index in [1.54, 1.807) is 6.20 Å². The van der Waals surface area contributed by atoms with Gasteiger partial charge in [-0.2, -0.15) is 0 Å². The van der Waals surface area contributed by atoms with E-state index in [0.29, 0.717) is 6.04 Å². The van der Waals surface area contributed by atoms with Crippen LogP contribution in [0.15, 0.2) is 18.3 Å². The Labute approximate surface area is 145 Å². The molecule has 2 fully saturated rings. The van der Waals surface area contributed by atoms with Crippen LogP contribution in [0.3, 0.4) is 0 Å². The fourth-order valence-electron chi connectivity index (χ4n) is 4.02. The number of nitrogens with zero attached hydrogens (tertiary/aromatic N) is 3. The van der Waals surface area contributed by atoms with Gasteiger partial charge in [0.05, 0.1) is 5.56 Å². The second kappa shape index (κ2) is 7.97. The quantitative estimate of drug-likeness (QED) is 0.901. The first kappa shape index (κ1) is 17.2. The van der Waals surface area contributed by atoms with Crippen LogP contribution in [-0.4, -0.2) is 55.6 Å². The van der Waals surface area contributed by atoms with Gasteiger partial charge in [0.15, 0.2) is 0 Å². The third-order valence-corrected chi connectivity index (χ3v) is 5.24. The molecule has 1 amide bonds. The fraction of sp³-hybridized carbons (Fsp3) is 0.684. The van der Waals surface area contributed by atoms with Crippen molar-refractivity contribution >= 4 is 11.7 Å². The SMILES string of the molecule is CN(C)CC1CCC(NC(=O)c2cccnc2N2CCCC2)CC1. The highest BCUT2D eigenvalue weighted by Gasteiger charge is 2.25. The lowest BCUT2D eigenvalue weighted by Crippen LogP contribution is -2.39. The molecule has 5 nitrogen and oxygen atoms in total. The number of carbonyl (C=O) groups is 1. The van der Waals surface area contributed by atoms with Crippen LogP contribution in [0.25, 0.3) is 0 Å². The first-order chi connectivity index (χ1) is 11.6. The summed E-state index contributed by atoms with van der Waals surface area (Å²) in [6.07, 6.45) is 8.75. The van der Waals surface area contributed by atoms with Gasteiger partial charge in [-0.05, 0) is 70.7 Å². The van der Waals surface area contributed by atoms with Gasteiger partial charge in [-0.1, -0.05) is 0 Å². The van der Waals surface area contributed by atoms with E-state index in [2.05, 4.69) is 34.2 Å². The van der Waals surface area contributed by atoms with Gasteiger partial charge in [-0.15, -0.1) is 0 Å². The van der Waals surface area contributed by atoms with Crippen LogP contribution < -0.4 is 10.2 Å². The zero-order valence-electron chi connectivity index (χ0n) is 15.0. The summed E-state index contributed by atoms with van der Waals surface area (Å²) in [4.78, 5) is 21.7. The van der Waals surface area contributed by atoms with E-state index in [1.807, 2.05) is 12.1 Å². The monoisotopic (exact) mass is 330 g/mol. The van der Waals surface area contributed by atoms with Crippen LogP contribution in [-0.2, 0) is 0 Å². The van der Waals surface area contributed by atoms with Crippen molar-refractivity contribution in [3.8, 4) is 0 Å². The zero-order valence-corrected chi connectivity index (χ0v) is 15.0. The zero-order chi connectivity index (χ0) is 16.9. The lowest BCUT2D eigenvalue weighted by Gasteiger charge is -2.31. The number of nitrogens with one attached hydrogen (secondary N) is 1. The molecule has 0 atom stereocenters. The first-order valence-corrected chi connectivity index (χ1v) is 9.29. The van der Waals surface area contributed by atoms with Gasteiger partial charge in [0, 0.05) is 31.9 Å². The van der Waals surface area contributed by atoms with Gasteiger partial charge in [0.25, 0.3) is 5.91 Å². The fourth-order valence-corrected chi connectivity index (χ4v) is 4.02. The van der Waals surface area contributed by atoms with Crippen molar-refractivity contribution in [2.75, 3.05) is 38.6 Å². The van der Waals surface area contributed by atoms with Gasteiger partial charge < -0.3 is 15.1 Å². The van der Waals surface area contributed by atoms with Crippen LogP contribution >= 0.6 is 0 Å². The molecule has 2 aliphatic rings. The molecule has 132 valence electrons. The lowest BCUT2D eigenvalue weighted by molar-refractivity contribution is 0.0919. The van der Waals surface area contributed by atoms with Gasteiger partial charge >= 0.3 is 0 Å². The molecular weight excluding hydrogens is 300 g/mol. The van der Waals surface area contributed by atoms with E-state index in [1.165, 1.54) is 25.7 Å². The van der Waals surface area contributed by atoms with Crippen LogP contribution in [0.4, 0.5) is 5.82 Å². The predicted molar refractivity (Wildman–Crippen MR) is 97.5 cm³/mol. The molecule has 0 aromatic carbocycles. The van der Waals surface area contributed by atoms with Crippen molar-refractivity contribution < 1.29 is 4.79 Å². The minimum Gasteiger partial charge on any atom is -0.356 e. The van der Waals surface area contributed by atoms with Crippen molar-refractivity contribution in [1.29, 1.82) is 0 Å². The molecule has 1 aromatic rings. The minimum absolute atomic E-state index is 0.0426. The lowest BCUT2D eigenvalue weighted by atomic mass is 9.85. The molecule has 1 saturated heterocycles. The molecule has 5 heteroatoms. The maximum Gasteiger partial charge on any atom is 0.255 e. The summed E-state index contributed by atoms with van der Waals surface area (Å²) in [6, 6.07) is 4.08. The molecule has 0 bridgehead atoms. The van der Waals surface area contributed by atoms with E-state index in [-0.39, 0.29) is 5.91 Å². The second-order valence-corrected chi connectivity index (χ2v) is 7.52. The standard InChI is InChI=1S/C19H30N4O/c1-22(2)14-15-7-9-16(10-8-15)21-19(24)17-6-5-11-20-18(17)23-12-3-4-13-23/h5-6,11,15-16H,3-4,7-10,12-14H2,1-2H3,(H,21,24).